The van der Waals surface area contributed by atoms with Gasteiger partial charge in [0.25, 0.3) is 0 Å². The van der Waals surface area contributed by atoms with Crippen LogP contribution in [0.5, 0.6) is 5.75 Å². The first kappa shape index (κ1) is 26.6. The molecule has 1 spiro atoms. The number of carbonyl (C=O) groups is 1. The molecular weight excluding hydrogens is 506 g/mol. The second-order valence-corrected chi connectivity index (χ2v) is 12.1. The summed E-state index contributed by atoms with van der Waals surface area (Å²) in [6.45, 7) is 4.48. The third-order valence-electron chi connectivity index (χ3n) is 7.90. The van der Waals surface area contributed by atoms with E-state index in [1.54, 1.807) is 0 Å². The van der Waals surface area contributed by atoms with Crippen molar-refractivity contribution in [3.8, 4) is 5.75 Å². The zero-order chi connectivity index (χ0) is 27.1. The van der Waals surface area contributed by atoms with Crippen LogP contribution in [0.4, 0.5) is 0 Å². The Morgan fingerprint density at radius 1 is 1.26 bits per heavy atom. The molecule has 3 aromatic rings. The number of H-pyrrole nitrogens is 1. The smallest absolute Gasteiger partial charge is 0.340 e. The normalized spacial score (nSPS) is 22.8. The Hall–Kier alpha value is -2.95. The first-order chi connectivity index (χ1) is 18.0. The lowest BCUT2D eigenvalue weighted by molar-refractivity contribution is -0.672. The van der Waals surface area contributed by atoms with Crippen molar-refractivity contribution < 1.29 is 31.8 Å². The number of aryl methyl sites for hydroxylation is 2. The topological polar surface area (TPSA) is 116 Å². The van der Waals surface area contributed by atoms with Gasteiger partial charge in [-0.25, -0.2) is 17.8 Å². The summed E-state index contributed by atoms with van der Waals surface area (Å²) < 4.78 is 41.8. The third-order valence-corrected chi connectivity index (χ3v) is 7.90. The number of hydrogen-bond acceptors (Lipinski definition) is 7. The van der Waals surface area contributed by atoms with Crippen LogP contribution in [0.1, 0.15) is 59.3 Å². The van der Waals surface area contributed by atoms with Gasteiger partial charge in [0.2, 0.25) is 0 Å². The number of hydrogen-bond donors (Lipinski definition) is 1. The lowest BCUT2D eigenvalue weighted by atomic mass is 9.74. The molecule has 2 atom stereocenters. The van der Waals surface area contributed by atoms with Crippen molar-refractivity contribution in [3.05, 3.63) is 59.0 Å². The van der Waals surface area contributed by atoms with Crippen LogP contribution in [0.25, 0.3) is 10.9 Å². The molecule has 0 saturated carbocycles. The second-order valence-electron chi connectivity index (χ2n) is 10.7. The molecule has 2 aromatic heterocycles. The van der Waals surface area contributed by atoms with Crippen molar-refractivity contribution in [2.75, 3.05) is 19.3 Å². The van der Waals surface area contributed by atoms with Crippen LogP contribution in [0.2, 0.25) is 0 Å². The lowest BCUT2D eigenvalue weighted by Crippen LogP contribution is -2.64. The number of aromatic amines is 1. The fourth-order valence-electron chi connectivity index (χ4n) is 6.42. The summed E-state index contributed by atoms with van der Waals surface area (Å²) in [6.07, 6.45) is 11.5. The molecule has 9 nitrogen and oxygen atoms in total. The molecule has 5 heterocycles. The summed E-state index contributed by atoms with van der Waals surface area (Å²) in [5, 5.41) is 0.983. The van der Waals surface area contributed by atoms with Crippen molar-refractivity contribution in [2.24, 2.45) is 13.0 Å². The van der Waals surface area contributed by atoms with Gasteiger partial charge in [-0.05, 0) is 57.2 Å². The van der Waals surface area contributed by atoms with Crippen LogP contribution in [0.3, 0.4) is 0 Å². The largest absolute Gasteiger partial charge is 0.748 e. The monoisotopic (exact) mass is 541 g/mol. The van der Waals surface area contributed by atoms with Crippen LogP contribution in [-0.2, 0) is 34.9 Å². The summed E-state index contributed by atoms with van der Waals surface area (Å²) >= 11 is 0. The molecule has 2 unspecified atom stereocenters. The Kier molecular flexibility index (Phi) is 7.23. The molecule has 1 aromatic carbocycles. The molecule has 0 radical (unpaired) electrons. The summed E-state index contributed by atoms with van der Waals surface area (Å²) in [7, 11) is -1.95. The Labute approximate surface area is 223 Å². The van der Waals surface area contributed by atoms with Gasteiger partial charge < -0.3 is 19.0 Å². The van der Waals surface area contributed by atoms with Crippen molar-refractivity contribution in [1.82, 2.24) is 9.88 Å². The second kappa shape index (κ2) is 10.3. The molecule has 10 heteroatoms. The zero-order valence-corrected chi connectivity index (χ0v) is 23.0. The molecular formula is C28H35N3O6S. The number of rotatable bonds is 3. The Morgan fingerprint density at radius 2 is 2.03 bits per heavy atom. The first-order valence-corrected chi connectivity index (χ1v) is 15.0. The van der Waals surface area contributed by atoms with Crippen molar-refractivity contribution in [3.63, 3.8) is 0 Å². The molecule has 38 heavy (non-hydrogen) atoms. The number of nitrogens with zero attached hydrogens (tertiary/aromatic N) is 2. The van der Waals surface area contributed by atoms with E-state index < -0.39 is 10.1 Å². The highest BCUT2D eigenvalue weighted by atomic mass is 32.2. The van der Waals surface area contributed by atoms with Crippen LogP contribution in [0.15, 0.2) is 36.7 Å². The van der Waals surface area contributed by atoms with Gasteiger partial charge in [0.05, 0.1) is 21.2 Å². The molecule has 1 N–H and O–H groups in total. The van der Waals surface area contributed by atoms with Crippen molar-refractivity contribution in [1.29, 1.82) is 0 Å². The number of esters is 1. The van der Waals surface area contributed by atoms with Crippen molar-refractivity contribution in [2.45, 2.75) is 57.8 Å². The number of fused-ring (bicyclic) bond motifs is 3. The molecule has 3 aliphatic heterocycles. The average molecular weight is 542 g/mol. The quantitative estimate of drug-likeness (QED) is 0.307. The maximum absolute atomic E-state index is 13.3. The Bertz CT molecular complexity index is 1460. The molecule has 0 amide bonds. The molecule has 0 bridgehead atoms. The van der Waals surface area contributed by atoms with E-state index in [4.69, 9.17) is 22.4 Å². The number of pyridine rings is 1. The highest BCUT2D eigenvalue weighted by Crippen LogP contribution is 2.50. The van der Waals surface area contributed by atoms with E-state index in [2.05, 4.69) is 22.0 Å². The average Bonchev–Trinajstić information content (AvgIpc) is 3.20. The summed E-state index contributed by atoms with van der Waals surface area (Å²) in [4.78, 5) is 19.3. The number of ether oxygens (including phenoxy) is 2. The van der Waals surface area contributed by atoms with Crippen LogP contribution >= 0.6 is 0 Å². The predicted molar refractivity (Wildman–Crippen MR) is 141 cm³/mol. The molecule has 2 fully saturated rings. The maximum Gasteiger partial charge on any atom is 0.340 e. The molecule has 2 saturated heterocycles. The van der Waals surface area contributed by atoms with E-state index in [-0.39, 0.29) is 18.3 Å². The highest BCUT2D eigenvalue weighted by Gasteiger charge is 2.52. The van der Waals surface area contributed by atoms with Gasteiger partial charge in [0, 0.05) is 59.9 Å². The lowest BCUT2D eigenvalue weighted by Gasteiger charge is -2.56. The highest BCUT2D eigenvalue weighted by molar-refractivity contribution is 7.84. The van der Waals surface area contributed by atoms with Gasteiger partial charge in [-0.2, -0.15) is 0 Å². The fourth-order valence-corrected chi connectivity index (χ4v) is 6.42. The van der Waals surface area contributed by atoms with Gasteiger partial charge >= 0.3 is 5.97 Å². The van der Waals surface area contributed by atoms with Gasteiger partial charge in [-0.15, -0.1) is 0 Å². The number of aromatic nitrogens is 2. The van der Waals surface area contributed by atoms with Crippen LogP contribution in [-0.4, -0.2) is 53.9 Å². The van der Waals surface area contributed by atoms with E-state index in [0.717, 1.165) is 59.4 Å². The third kappa shape index (κ3) is 5.30. The maximum atomic E-state index is 13.3. The summed E-state index contributed by atoms with van der Waals surface area (Å²) in [5.74, 6) is 1.13. The minimum Gasteiger partial charge on any atom is -0.748 e. The zero-order valence-electron chi connectivity index (χ0n) is 22.2. The van der Waals surface area contributed by atoms with E-state index in [0.29, 0.717) is 17.7 Å². The summed E-state index contributed by atoms with van der Waals surface area (Å²) in [5.41, 5.74) is 4.46. The SMILES string of the molecule is CS(=O)(=O)[O-].Cc1[nH]c2ccc3c(c2c1C(=O)OCc1ccc[n+](C)c1)CC1CCCN2CCCCC12O3. The van der Waals surface area contributed by atoms with Gasteiger partial charge in [-0.1, -0.05) is 0 Å². The molecule has 0 aliphatic carbocycles. The predicted octanol–water partition coefficient (Wildman–Crippen LogP) is 3.35. The minimum atomic E-state index is -3.92. The first-order valence-electron chi connectivity index (χ1n) is 13.2. The van der Waals surface area contributed by atoms with Crippen LogP contribution < -0.4 is 9.30 Å². The van der Waals surface area contributed by atoms with E-state index in [1.165, 1.54) is 25.7 Å². The number of nitrogens with one attached hydrogen (secondary N) is 1. The fraction of sp³-hybridized carbons (Fsp3) is 0.500. The van der Waals surface area contributed by atoms with E-state index >= 15 is 0 Å². The number of benzene rings is 1. The van der Waals surface area contributed by atoms with E-state index in [9.17, 15) is 4.79 Å². The molecule has 6 rings (SSSR count). The minimum absolute atomic E-state index is 0.161. The summed E-state index contributed by atoms with van der Waals surface area (Å²) in [6, 6.07) is 8.09. The Morgan fingerprint density at radius 3 is 2.79 bits per heavy atom. The van der Waals surface area contributed by atoms with Crippen LogP contribution in [0, 0.1) is 12.8 Å². The van der Waals surface area contributed by atoms with Gasteiger partial charge in [-0.3, -0.25) is 4.90 Å². The molecule has 3 aliphatic rings. The Balaban J connectivity index is 0.000000540. The van der Waals surface area contributed by atoms with Gasteiger partial charge in [0.1, 0.15) is 19.4 Å². The van der Waals surface area contributed by atoms with E-state index in [1.807, 2.05) is 43.1 Å². The number of carbonyl (C=O) groups excluding carboxylic acids is 1. The molecule has 204 valence electrons. The van der Waals surface area contributed by atoms with Crippen molar-refractivity contribution >= 4 is 27.0 Å². The number of piperidine rings is 2. The standard InChI is InChI=1S/C27H31N3O3.CH4O3S/c1-18-24(26(31)32-17-19-7-5-12-29(2)16-19)25-21-15-20-8-6-14-30-13-4-3-11-27(20,30)33-23(21)10-9-22(25)28-18;1-5(2,3)4/h5,7,9-10,12,16,20H,3-4,6,8,11,13-15,17H2,1-2H3;1H3,(H,2,3,4). The van der Waals surface area contributed by atoms with Gasteiger partial charge in [0.15, 0.2) is 18.1 Å².